The van der Waals surface area contributed by atoms with E-state index >= 15 is 0 Å². The van der Waals surface area contributed by atoms with E-state index in [9.17, 15) is 22.0 Å². The summed E-state index contributed by atoms with van der Waals surface area (Å²) < 4.78 is 58.1. The van der Waals surface area contributed by atoms with Crippen LogP contribution in [0.1, 0.15) is 11.1 Å². The van der Waals surface area contributed by atoms with Crippen molar-refractivity contribution in [3.05, 3.63) is 70.2 Å². The molecular formula is C16H15ClF2N2O4S. The van der Waals surface area contributed by atoms with Crippen molar-refractivity contribution in [2.24, 2.45) is 0 Å². The fourth-order valence-corrected chi connectivity index (χ4v) is 2.75. The van der Waals surface area contributed by atoms with Crippen LogP contribution in [0.5, 0.6) is 0 Å². The van der Waals surface area contributed by atoms with Gasteiger partial charge in [0.25, 0.3) is 0 Å². The van der Waals surface area contributed by atoms with Gasteiger partial charge in [-0.25, -0.2) is 18.3 Å². The zero-order valence-electron chi connectivity index (χ0n) is 13.3. The Morgan fingerprint density at radius 1 is 1.12 bits per heavy atom. The molecule has 0 fully saturated rings. The van der Waals surface area contributed by atoms with E-state index < -0.39 is 34.5 Å². The van der Waals surface area contributed by atoms with Crippen molar-refractivity contribution in [1.29, 1.82) is 0 Å². The molecule has 0 heterocycles. The third kappa shape index (κ3) is 6.58. The Morgan fingerprint density at radius 2 is 1.81 bits per heavy atom. The average molecular weight is 405 g/mol. The number of halogens is 3. The number of hydrogen-bond donors (Lipinski definition) is 2. The maximum absolute atomic E-state index is 13.4. The minimum absolute atomic E-state index is 0.0461. The van der Waals surface area contributed by atoms with E-state index in [1.165, 1.54) is 0 Å². The summed E-state index contributed by atoms with van der Waals surface area (Å²) >= 11 is 5.75. The number of benzene rings is 2. The number of hydrogen-bond acceptors (Lipinski definition) is 4. The molecular weight excluding hydrogens is 390 g/mol. The predicted molar refractivity (Wildman–Crippen MR) is 91.8 cm³/mol. The number of amides is 1. The summed E-state index contributed by atoms with van der Waals surface area (Å²) in [6, 6.07) is 9.57. The van der Waals surface area contributed by atoms with Gasteiger partial charge < -0.3 is 4.74 Å². The molecule has 0 unspecified atom stereocenters. The van der Waals surface area contributed by atoms with E-state index in [1.807, 2.05) is 4.72 Å². The molecule has 140 valence electrons. The Balaban J connectivity index is 1.78. The topological polar surface area (TPSA) is 84.5 Å². The maximum atomic E-state index is 13.4. The highest BCUT2D eigenvalue weighted by atomic mass is 35.5. The molecule has 0 spiro atoms. The smallest absolute Gasteiger partial charge is 0.421 e. The number of carbonyl (C=O) groups excluding carboxylic acids is 1. The van der Waals surface area contributed by atoms with E-state index in [1.54, 1.807) is 29.0 Å². The number of carbonyl (C=O) groups is 1. The second kappa shape index (κ2) is 8.93. The lowest BCUT2D eigenvalue weighted by Gasteiger charge is -2.10. The molecule has 0 saturated heterocycles. The van der Waals surface area contributed by atoms with Crippen molar-refractivity contribution in [2.45, 2.75) is 13.0 Å². The van der Waals surface area contributed by atoms with Gasteiger partial charge in [0, 0.05) is 29.6 Å². The van der Waals surface area contributed by atoms with Gasteiger partial charge in [0.15, 0.2) is 0 Å². The largest absolute Gasteiger partial charge is 0.448 e. The summed E-state index contributed by atoms with van der Waals surface area (Å²) in [5, 5.41) is 0.571. The Kier molecular flexibility index (Phi) is 6.90. The fraction of sp³-hybridized carbons (Fsp3) is 0.188. The Bertz CT molecular complexity index is 876. The van der Waals surface area contributed by atoms with E-state index in [0.29, 0.717) is 17.5 Å². The van der Waals surface area contributed by atoms with E-state index in [-0.39, 0.29) is 12.2 Å². The van der Waals surface area contributed by atoms with Crippen molar-refractivity contribution in [1.82, 2.24) is 9.44 Å². The fourth-order valence-electron chi connectivity index (χ4n) is 1.93. The molecule has 26 heavy (non-hydrogen) atoms. The Morgan fingerprint density at radius 3 is 2.46 bits per heavy atom. The molecule has 6 nitrogen and oxygen atoms in total. The van der Waals surface area contributed by atoms with Crippen LogP contribution >= 0.6 is 11.6 Å². The van der Waals surface area contributed by atoms with Gasteiger partial charge in [-0.1, -0.05) is 29.8 Å². The van der Waals surface area contributed by atoms with Crippen LogP contribution in [0.3, 0.4) is 0 Å². The van der Waals surface area contributed by atoms with Crippen LogP contribution in [0.4, 0.5) is 13.6 Å². The first-order valence-corrected chi connectivity index (χ1v) is 9.24. The molecule has 10 heteroatoms. The lowest BCUT2D eigenvalue weighted by molar-refractivity contribution is 0.153. The van der Waals surface area contributed by atoms with Crippen molar-refractivity contribution in [2.75, 3.05) is 6.61 Å². The molecule has 0 saturated carbocycles. The Hall–Kier alpha value is -2.23. The summed E-state index contributed by atoms with van der Waals surface area (Å²) in [5.41, 5.74) is 0.780. The maximum Gasteiger partial charge on any atom is 0.421 e. The van der Waals surface area contributed by atoms with Gasteiger partial charge in [-0.15, -0.1) is 0 Å². The van der Waals surface area contributed by atoms with Gasteiger partial charge in [-0.3, -0.25) is 0 Å². The van der Waals surface area contributed by atoms with Gasteiger partial charge >= 0.3 is 16.3 Å². The van der Waals surface area contributed by atoms with Gasteiger partial charge in [0.2, 0.25) is 0 Å². The summed E-state index contributed by atoms with van der Waals surface area (Å²) in [6.45, 7) is -0.505. The molecule has 0 atom stereocenters. The summed E-state index contributed by atoms with van der Waals surface area (Å²) in [6.07, 6.45) is -0.801. The molecule has 2 rings (SSSR count). The van der Waals surface area contributed by atoms with E-state index in [2.05, 4.69) is 0 Å². The molecule has 0 radical (unpaired) electrons. The molecule has 0 aliphatic heterocycles. The molecule has 2 aromatic carbocycles. The van der Waals surface area contributed by atoms with Crippen molar-refractivity contribution in [3.63, 3.8) is 0 Å². The van der Waals surface area contributed by atoms with Crippen molar-refractivity contribution < 1.29 is 26.7 Å². The van der Waals surface area contributed by atoms with Crippen LogP contribution < -0.4 is 9.44 Å². The lowest BCUT2D eigenvalue weighted by atomic mass is 10.2. The highest BCUT2D eigenvalue weighted by Gasteiger charge is 2.16. The standard InChI is InChI=1S/C16H15ClF2N2O4S/c17-13-4-1-11(2-5-13)7-8-25-16(22)21-26(23,24)20-10-12-3-6-14(18)9-15(12)19/h1-6,9,20H,7-8,10H2,(H,21,22). The summed E-state index contributed by atoms with van der Waals surface area (Å²) in [5.74, 6) is -1.69. The number of ether oxygens (including phenoxy) is 1. The van der Waals surface area contributed by atoms with Crippen molar-refractivity contribution in [3.8, 4) is 0 Å². The van der Waals surface area contributed by atoms with Gasteiger partial charge in [-0.2, -0.15) is 13.1 Å². The van der Waals surface area contributed by atoms with Crippen LogP contribution in [0.25, 0.3) is 0 Å². The first-order chi connectivity index (χ1) is 12.2. The van der Waals surface area contributed by atoms with Crippen LogP contribution in [-0.2, 0) is 27.9 Å². The SMILES string of the molecule is O=C(NS(=O)(=O)NCc1ccc(F)cc1F)OCCc1ccc(Cl)cc1. The first-order valence-electron chi connectivity index (χ1n) is 7.38. The second-order valence-corrected chi connectivity index (χ2v) is 7.11. The predicted octanol–water partition coefficient (Wildman–Crippen LogP) is 2.92. The van der Waals surface area contributed by atoms with E-state index in [4.69, 9.17) is 16.3 Å². The third-order valence-corrected chi connectivity index (χ3v) is 4.43. The summed E-state index contributed by atoms with van der Waals surface area (Å²) in [4.78, 5) is 11.5. The second-order valence-electron chi connectivity index (χ2n) is 5.17. The van der Waals surface area contributed by atoms with Gasteiger partial charge in [0.05, 0.1) is 6.61 Å². The molecule has 1 amide bonds. The van der Waals surface area contributed by atoms with E-state index in [0.717, 1.165) is 17.7 Å². The molecule has 0 aliphatic carbocycles. The highest BCUT2D eigenvalue weighted by Crippen LogP contribution is 2.10. The van der Waals surface area contributed by atoms with Crippen LogP contribution in [0, 0.1) is 11.6 Å². The van der Waals surface area contributed by atoms with Crippen LogP contribution in [0.2, 0.25) is 5.02 Å². The highest BCUT2D eigenvalue weighted by molar-refractivity contribution is 7.88. The molecule has 0 aromatic heterocycles. The number of rotatable bonds is 7. The van der Waals surface area contributed by atoms with Crippen molar-refractivity contribution >= 4 is 27.9 Å². The average Bonchev–Trinajstić information content (AvgIpc) is 2.55. The van der Waals surface area contributed by atoms with Gasteiger partial charge in [0.1, 0.15) is 11.6 Å². The molecule has 0 bridgehead atoms. The monoisotopic (exact) mass is 404 g/mol. The first kappa shape index (κ1) is 20.1. The molecule has 2 N–H and O–H groups in total. The minimum atomic E-state index is -4.26. The summed E-state index contributed by atoms with van der Waals surface area (Å²) in [7, 11) is -4.26. The minimum Gasteiger partial charge on any atom is -0.448 e. The molecule has 2 aromatic rings. The third-order valence-electron chi connectivity index (χ3n) is 3.22. The zero-order valence-corrected chi connectivity index (χ0v) is 14.9. The normalized spacial score (nSPS) is 11.2. The zero-order chi connectivity index (χ0) is 19.2. The number of nitrogens with one attached hydrogen (secondary N) is 2. The van der Waals surface area contributed by atoms with Crippen LogP contribution in [-0.4, -0.2) is 21.1 Å². The lowest BCUT2D eigenvalue weighted by Crippen LogP contribution is -2.40. The van der Waals surface area contributed by atoms with Crippen LogP contribution in [0.15, 0.2) is 42.5 Å². The van der Waals surface area contributed by atoms with Gasteiger partial charge in [-0.05, 0) is 23.8 Å². The Labute approximate surface area is 154 Å². The quantitative estimate of drug-likeness (QED) is 0.743. The molecule has 0 aliphatic rings.